The summed E-state index contributed by atoms with van der Waals surface area (Å²) in [5.74, 6) is 0. The van der Waals surface area contributed by atoms with E-state index in [0.717, 1.165) is 40.7 Å². The van der Waals surface area contributed by atoms with E-state index < -0.39 is 5.63 Å². The van der Waals surface area contributed by atoms with Crippen LogP contribution in [0.3, 0.4) is 0 Å². The lowest BCUT2D eigenvalue weighted by atomic mass is 10.1. The number of anilines is 1. The maximum Gasteiger partial charge on any atom is 0.336 e. The van der Waals surface area contributed by atoms with Gasteiger partial charge in [0.05, 0.1) is 12.2 Å². The molecule has 1 aromatic carbocycles. The van der Waals surface area contributed by atoms with Crippen molar-refractivity contribution in [3.8, 4) is 0 Å². The van der Waals surface area contributed by atoms with Gasteiger partial charge >= 0.3 is 11.7 Å². The zero-order chi connectivity index (χ0) is 20.0. The summed E-state index contributed by atoms with van der Waals surface area (Å²) in [7, 11) is 1.91. The molecule has 1 aliphatic carbocycles. The number of aromatic nitrogens is 2. The van der Waals surface area contributed by atoms with E-state index in [0.29, 0.717) is 17.8 Å². The number of nitrogens with one attached hydrogen (secondary N) is 1. The highest BCUT2D eigenvalue weighted by Gasteiger charge is 2.33. The molecule has 0 radical (unpaired) electrons. The molecule has 1 N–H and O–H groups in total. The molecule has 2 heterocycles. The summed E-state index contributed by atoms with van der Waals surface area (Å²) in [6.07, 6.45) is 2.02. The van der Waals surface area contributed by atoms with E-state index in [2.05, 4.69) is 10.4 Å². The third-order valence-corrected chi connectivity index (χ3v) is 5.44. The molecule has 2 amide bonds. The van der Waals surface area contributed by atoms with Crippen LogP contribution in [0.25, 0.3) is 11.0 Å². The summed E-state index contributed by atoms with van der Waals surface area (Å²) in [5.41, 5.74) is 4.64. The Kier molecular flexibility index (Phi) is 4.45. The Balaban J connectivity index is 1.58. The van der Waals surface area contributed by atoms with Crippen LogP contribution in [0, 0.1) is 20.8 Å². The fourth-order valence-electron chi connectivity index (χ4n) is 3.57. The van der Waals surface area contributed by atoms with Crippen molar-refractivity contribution in [3.63, 3.8) is 0 Å². The van der Waals surface area contributed by atoms with E-state index in [1.807, 2.05) is 49.5 Å². The fraction of sp³-hybridized carbons (Fsp3) is 0.381. The summed E-state index contributed by atoms with van der Waals surface area (Å²) in [4.78, 5) is 26.5. The van der Waals surface area contributed by atoms with Crippen molar-refractivity contribution < 1.29 is 9.21 Å². The number of hydrogen-bond donors (Lipinski definition) is 1. The maximum absolute atomic E-state index is 13.0. The van der Waals surface area contributed by atoms with E-state index in [9.17, 15) is 9.59 Å². The molecule has 2 aromatic heterocycles. The summed E-state index contributed by atoms with van der Waals surface area (Å²) < 4.78 is 7.13. The molecule has 1 aliphatic rings. The van der Waals surface area contributed by atoms with Gasteiger partial charge in [-0.2, -0.15) is 5.10 Å². The van der Waals surface area contributed by atoms with Gasteiger partial charge in [0, 0.05) is 47.6 Å². The van der Waals surface area contributed by atoms with Crippen LogP contribution in [0.2, 0.25) is 0 Å². The second-order valence-corrected chi connectivity index (χ2v) is 7.52. The van der Waals surface area contributed by atoms with Gasteiger partial charge in [-0.1, -0.05) is 0 Å². The van der Waals surface area contributed by atoms with Gasteiger partial charge in [0.2, 0.25) is 0 Å². The Morgan fingerprint density at radius 2 is 2.04 bits per heavy atom. The molecule has 0 unspecified atom stereocenters. The van der Waals surface area contributed by atoms with Gasteiger partial charge in [0.1, 0.15) is 5.58 Å². The number of urea groups is 1. The van der Waals surface area contributed by atoms with E-state index in [1.165, 1.54) is 6.07 Å². The van der Waals surface area contributed by atoms with E-state index >= 15 is 0 Å². The van der Waals surface area contributed by atoms with Gasteiger partial charge in [-0.25, -0.2) is 9.59 Å². The molecule has 1 saturated carbocycles. The second-order valence-electron chi connectivity index (χ2n) is 7.52. The number of nitrogens with zero attached hydrogens (tertiary/aromatic N) is 3. The first-order chi connectivity index (χ1) is 13.3. The van der Waals surface area contributed by atoms with Gasteiger partial charge in [-0.3, -0.25) is 4.68 Å². The lowest BCUT2D eigenvalue weighted by Gasteiger charge is -2.23. The molecule has 7 heteroatoms. The van der Waals surface area contributed by atoms with Crippen LogP contribution in [0.5, 0.6) is 0 Å². The van der Waals surface area contributed by atoms with Crippen molar-refractivity contribution in [1.29, 1.82) is 0 Å². The first-order valence-corrected chi connectivity index (χ1v) is 9.44. The largest absolute Gasteiger partial charge is 0.423 e. The van der Waals surface area contributed by atoms with E-state index in [-0.39, 0.29) is 12.1 Å². The minimum atomic E-state index is -0.393. The lowest BCUT2D eigenvalue weighted by molar-refractivity contribution is 0.206. The average molecular weight is 380 g/mol. The Morgan fingerprint density at radius 1 is 1.29 bits per heavy atom. The summed E-state index contributed by atoms with van der Waals surface area (Å²) in [5, 5.41) is 8.27. The Hall–Kier alpha value is -3.09. The molecule has 0 bridgehead atoms. The number of amides is 2. The molecule has 4 rings (SSSR count). The summed E-state index contributed by atoms with van der Waals surface area (Å²) in [6.45, 7) is 6.39. The monoisotopic (exact) mass is 380 g/mol. The van der Waals surface area contributed by atoms with E-state index in [1.54, 1.807) is 6.07 Å². The highest BCUT2D eigenvalue weighted by atomic mass is 16.4. The Labute approximate surface area is 162 Å². The van der Waals surface area contributed by atoms with Crippen LogP contribution in [0.1, 0.15) is 35.4 Å². The summed E-state index contributed by atoms with van der Waals surface area (Å²) >= 11 is 0. The predicted molar refractivity (Wildman–Crippen MR) is 107 cm³/mol. The highest BCUT2D eigenvalue weighted by molar-refractivity contribution is 5.93. The third-order valence-electron chi connectivity index (χ3n) is 5.44. The maximum atomic E-state index is 13.0. The minimum absolute atomic E-state index is 0.153. The number of carbonyl (C=O) groups is 1. The van der Waals surface area contributed by atoms with Crippen molar-refractivity contribution in [2.45, 2.75) is 46.2 Å². The van der Waals surface area contributed by atoms with Crippen molar-refractivity contribution in [3.05, 3.63) is 57.2 Å². The average Bonchev–Trinajstić information content (AvgIpc) is 3.42. The van der Waals surface area contributed by atoms with Crippen LogP contribution in [0.15, 0.2) is 33.5 Å². The van der Waals surface area contributed by atoms with Gasteiger partial charge < -0.3 is 14.6 Å². The van der Waals surface area contributed by atoms with Gasteiger partial charge in [-0.05, 0) is 51.3 Å². The van der Waals surface area contributed by atoms with Gasteiger partial charge in [0.15, 0.2) is 0 Å². The number of hydrogen-bond acceptors (Lipinski definition) is 4. The molecule has 3 aromatic rings. The van der Waals surface area contributed by atoms with Crippen LogP contribution >= 0.6 is 0 Å². The molecule has 0 atom stereocenters. The lowest BCUT2D eigenvalue weighted by Crippen LogP contribution is -2.36. The molecule has 0 spiro atoms. The molecule has 146 valence electrons. The fourth-order valence-corrected chi connectivity index (χ4v) is 3.57. The third kappa shape index (κ3) is 3.40. The van der Waals surface area contributed by atoms with E-state index in [4.69, 9.17) is 4.42 Å². The van der Waals surface area contributed by atoms with Crippen LogP contribution in [-0.2, 0) is 13.6 Å². The Morgan fingerprint density at radius 3 is 2.68 bits per heavy atom. The standard InChI is InChI=1S/C21H24N4O3/c1-12-9-20(26)28-19-10-15(5-8-17(12)19)22-21(27)25(16-6-7-16)11-18-13(2)23-24(4)14(18)3/h5,8-10,16H,6-7,11H2,1-4H3,(H,22,27). The molecule has 0 aliphatic heterocycles. The highest BCUT2D eigenvalue weighted by Crippen LogP contribution is 2.30. The van der Waals surface area contributed by atoms with Gasteiger partial charge in [0.25, 0.3) is 0 Å². The van der Waals surface area contributed by atoms with Crippen LogP contribution in [0.4, 0.5) is 10.5 Å². The number of carbonyl (C=O) groups excluding carboxylic acids is 1. The van der Waals surface area contributed by atoms with Crippen LogP contribution in [-0.4, -0.2) is 26.8 Å². The molecular weight excluding hydrogens is 356 g/mol. The second kappa shape index (κ2) is 6.82. The van der Waals surface area contributed by atoms with Crippen molar-refractivity contribution in [2.75, 3.05) is 5.32 Å². The van der Waals surface area contributed by atoms with Crippen molar-refractivity contribution >= 4 is 22.7 Å². The zero-order valence-corrected chi connectivity index (χ0v) is 16.6. The van der Waals surface area contributed by atoms with Crippen LogP contribution < -0.4 is 10.9 Å². The van der Waals surface area contributed by atoms with Crippen molar-refractivity contribution in [2.24, 2.45) is 7.05 Å². The number of benzene rings is 1. The quantitative estimate of drug-likeness (QED) is 0.701. The molecule has 7 nitrogen and oxygen atoms in total. The zero-order valence-electron chi connectivity index (χ0n) is 16.6. The number of rotatable bonds is 4. The smallest absolute Gasteiger partial charge is 0.336 e. The molecule has 1 fully saturated rings. The minimum Gasteiger partial charge on any atom is -0.423 e. The first-order valence-electron chi connectivity index (χ1n) is 9.44. The van der Waals surface area contributed by atoms with Crippen molar-refractivity contribution in [1.82, 2.24) is 14.7 Å². The number of aryl methyl sites for hydroxylation is 3. The normalized spacial score (nSPS) is 13.7. The number of fused-ring (bicyclic) bond motifs is 1. The summed E-state index contributed by atoms with van der Waals surface area (Å²) in [6, 6.07) is 6.96. The first kappa shape index (κ1) is 18.3. The van der Waals surface area contributed by atoms with Gasteiger partial charge in [-0.15, -0.1) is 0 Å². The molecular formula is C21H24N4O3. The molecule has 28 heavy (non-hydrogen) atoms. The Bertz CT molecular complexity index is 1120. The predicted octanol–water partition coefficient (Wildman–Crippen LogP) is 3.65. The topological polar surface area (TPSA) is 80.4 Å². The SMILES string of the molecule is Cc1nn(C)c(C)c1CN(C(=O)Nc1ccc2c(C)cc(=O)oc2c1)C1CC1. The molecule has 0 saturated heterocycles.